The average molecular weight is 259 g/mol. The van der Waals surface area contributed by atoms with Gasteiger partial charge < -0.3 is 0 Å². The van der Waals surface area contributed by atoms with Gasteiger partial charge in [-0.05, 0) is 45.2 Å². The van der Waals surface area contributed by atoms with Crippen LogP contribution in [0.3, 0.4) is 0 Å². The van der Waals surface area contributed by atoms with E-state index in [9.17, 15) is 4.79 Å². The van der Waals surface area contributed by atoms with Crippen LogP contribution in [0.1, 0.15) is 49.5 Å². The molecule has 2 heteroatoms. The summed E-state index contributed by atoms with van der Waals surface area (Å²) >= 11 is 0. The Balaban J connectivity index is 2.02. The number of nitrogens with zero attached hydrogens (tertiary/aromatic N) is 1. The van der Waals surface area contributed by atoms with Gasteiger partial charge in [-0.1, -0.05) is 43.7 Å². The molecule has 0 radical (unpaired) electrons. The highest BCUT2D eigenvalue weighted by molar-refractivity contribution is 5.99. The number of rotatable bonds is 3. The number of carbonyl (C=O) groups excluding carboxylic acids is 1. The van der Waals surface area contributed by atoms with Crippen molar-refractivity contribution in [3.8, 4) is 0 Å². The largest absolute Gasteiger partial charge is 0.293 e. The van der Waals surface area contributed by atoms with E-state index >= 15 is 0 Å². The maximum absolute atomic E-state index is 12.5. The summed E-state index contributed by atoms with van der Waals surface area (Å²) in [6.45, 7) is 10.8. The standard InChI is InChI=1S/C17H25NO/c1-13-5-7-15(8-6-13)16(19)14(2)18-11-9-17(3,4)10-12-18/h5-8,14H,9-12H2,1-4H3. The molecule has 0 amide bonds. The molecule has 1 saturated heterocycles. The van der Waals surface area contributed by atoms with E-state index in [0.717, 1.165) is 18.7 Å². The lowest BCUT2D eigenvalue weighted by atomic mass is 9.82. The van der Waals surface area contributed by atoms with Gasteiger partial charge in [0.15, 0.2) is 5.78 Å². The summed E-state index contributed by atoms with van der Waals surface area (Å²) in [5, 5.41) is 0. The van der Waals surface area contributed by atoms with Gasteiger partial charge in [0, 0.05) is 5.56 Å². The fraction of sp³-hybridized carbons (Fsp3) is 0.588. The Labute approximate surface area is 116 Å². The third kappa shape index (κ3) is 3.44. The SMILES string of the molecule is Cc1ccc(C(=O)C(C)N2CCC(C)(C)CC2)cc1. The van der Waals surface area contributed by atoms with E-state index < -0.39 is 0 Å². The van der Waals surface area contributed by atoms with Gasteiger partial charge in [0.2, 0.25) is 0 Å². The molecule has 0 bridgehead atoms. The van der Waals surface area contributed by atoms with Gasteiger partial charge >= 0.3 is 0 Å². The van der Waals surface area contributed by atoms with Crippen molar-refractivity contribution in [2.75, 3.05) is 13.1 Å². The van der Waals surface area contributed by atoms with Crippen molar-refractivity contribution < 1.29 is 4.79 Å². The van der Waals surface area contributed by atoms with E-state index in [1.807, 2.05) is 38.1 Å². The number of hydrogen-bond acceptors (Lipinski definition) is 2. The van der Waals surface area contributed by atoms with Crippen LogP contribution >= 0.6 is 0 Å². The summed E-state index contributed by atoms with van der Waals surface area (Å²) in [6, 6.07) is 7.92. The zero-order chi connectivity index (χ0) is 14.0. The highest BCUT2D eigenvalue weighted by atomic mass is 16.1. The van der Waals surface area contributed by atoms with Crippen LogP contribution in [0.5, 0.6) is 0 Å². The molecule has 0 spiro atoms. The molecule has 0 saturated carbocycles. The van der Waals surface area contributed by atoms with Crippen molar-refractivity contribution >= 4 is 5.78 Å². The van der Waals surface area contributed by atoms with Crippen LogP contribution in [-0.2, 0) is 0 Å². The van der Waals surface area contributed by atoms with Crippen molar-refractivity contribution in [3.63, 3.8) is 0 Å². The Morgan fingerprint density at radius 3 is 2.21 bits per heavy atom. The predicted molar refractivity (Wildman–Crippen MR) is 79.6 cm³/mol. The average Bonchev–Trinajstić information content (AvgIpc) is 2.38. The van der Waals surface area contributed by atoms with E-state index in [1.54, 1.807) is 0 Å². The smallest absolute Gasteiger partial charge is 0.179 e. The molecule has 0 aromatic heterocycles. The predicted octanol–water partition coefficient (Wildman–Crippen LogP) is 3.69. The number of piperidine rings is 1. The summed E-state index contributed by atoms with van der Waals surface area (Å²) in [5.74, 6) is 0.250. The minimum atomic E-state index is -0.00111. The lowest BCUT2D eigenvalue weighted by molar-refractivity contribution is 0.0687. The van der Waals surface area contributed by atoms with Crippen molar-refractivity contribution in [1.29, 1.82) is 0 Å². The molecular weight excluding hydrogens is 234 g/mol. The number of ketones is 1. The summed E-state index contributed by atoms with van der Waals surface area (Å²) < 4.78 is 0. The normalized spacial score (nSPS) is 21.1. The molecule has 1 heterocycles. The Hall–Kier alpha value is -1.15. The minimum Gasteiger partial charge on any atom is -0.293 e. The second-order valence-electron chi connectivity index (χ2n) is 6.61. The Kier molecular flexibility index (Phi) is 4.10. The minimum absolute atomic E-state index is 0.00111. The quantitative estimate of drug-likeness (QED) is 0.772. The molecule has 2 rings (SSSR count). The van der Waals surface area contributed by atoms with Crippen LogP contribution in [0.25, 0.3) is 0 Å². The summed E-state index contributed by atoms with van der Waals surface area (Å²) in [5.41, 5.74) is 2.47. The Morgan fingerprint density at radius 2 is 1.68 bits per heavy atom. The molecule has 1 aromatic rings. The van der Waals surface area contributed by atoms with E-state index in [0.29, 0.717) is 5.41 Å². The second-order valence-corrected chi connectivity index (χ2v) is 6.61. The van der Waals surface area contributed by atoms with Crippen LogP contribution in [0.2, 0.25) is 0 Å². The lowest BCUT2D eigenvalue weighted by Crippen LogP contribution is -2.45. The van der Waals surface area contributed by atoms with E-state index in [4.69, 9.17) is 0 Å². The summed E-state index contributed by atoms with van der Waals surface area (Å²) in [7, 11) is 0. The van der Waals surface area contributed by atoms with Crippen LogP contribution in [-0.4, -0.2) is 29.8 Å². The maximum atomic E-state index is 12.5. The van der Waals surface area contributed by atoms with Crippen molar-refractivity contribution in [2.45, 2.75) is 46.6 Å². The van der Waals surface area contributed by atoms with E-state index in [1.165, 1.54) is 18.4 Å². The first-order valence-electron chi connectivity index (χ1n) is 7.24. The van der Waals surface area contributed by atoms with Crippen LogP contribution in [0, 0.1) is 12.3 Å². The molecule has 2 nitrogen and oxygen atoms in total. The Bertz CT molecular complexity index is 437. The number of benzene rings is 1. The maximum Gasteiger partial charge on any atom is 0.179 e. The van der Waals surface area contributed by atoms with Crippen LogP contribution in [0.4, 0.5) is 0 Å². The van der Waals surface area contributed by atoms with E-state index in [-0.39, 0.29) is 11.8 Å². The molecule has 19 heavy (non-hydrogen) atoms. The van der Waals surface area contributed by atoms with Crippen molar-refractivity contribution in [3.05, 3.63) is 35.4 Å². The first kappa shape index (κ1) is 14.3. The molecule has 1 unspecified atom stereocenters. The molecule has 0 aliphatic carbocycles. The van der Waals surface area contributed by atoms with Crippen LogP contribution in [0.15, 0.2) is 24.3 Å². The molecule has 1 aromatic carbocycles. The number of aryl methyl sites for hydroxylation is 1. The highest BCUT2D eigenvalue weighted by Gasteiger charge is 2.30. The van der Waals surface area contributed by atoms with Crippen LogP contribution < -0.4 is 0 Å². The number of Topliss-reactive ketones (excluding diaryl/α,β-unsaturated/α-hetero) is 1. The molecule has 1 atom stereocenters. The number of hydrogen-bond donors (Lipinski definition) is 0. The summed E-state index contributed by atoms with van der Waals surface area (Å²) in [6.07, 6.45) is 2.36. The third-order valence-electron chi connectivity index (χ3n) is 4.41. The molecule has 0 N–H and O–H groups in total. The molecule has 1 fully saturated rings. The lowest BCUT2D eigenvalue weighted by Gasteiger charge is -2.39. The Morgan fingerprint density at radius 1 is 1.16 bits per heavy atom. The molecule has 1 aliphatic rings. The van der Waals surface area contributed by atoms with Gasteiger partial charge in [0.05, 0.1) is 6.04 Å². The fourth-order valence-electron chi connectivity index (χ4n) is 2.64. The van der Waals surface area contributed by atoms with Gasteiger partial charge in [-0.15, -0.1) is 0 Å². The highest BCUT2D eigenvalue weighted by Crippen LogP contribution is 2.30. The fourth-order valence-corrected chi connectivity index (χ4v) is 2.64. The number of likely N-dealkylation sites (tertiary alicyclic amines) is 1. The zero-order valence-corrected chi connectivity index (χ0v) is 12.6. The van der Waals surface area contributed by atoms with Gasteiger partial charge in [0.25, 0.3) is 0 Å². The van der Waals surface area contributed by atoms with Gasteiger partial charge in [-0.2, -0.15) is 0 Å². The molecule has 104 valence electrons. The third-order valence-corrected chi connectivity index (χ3v) is 4.41. The van der Waals surface area contributed by atoms with Crippen molar-refractivity contribution in [2.24, 2.45) is 5.41 Å². The first-order chi connectivity index (χ1) is 8.89. The number of carbonyl (C=O) groups is 1. The summed E-state index contributed by atoms with van der Waals surface area (Å²) in [4.78, 5) is 14.8. The molecule has 1 aliphatic heterocycles. The first-order valence-corrected chi connectivity index (χ1v) is 7.24. The van der Waals surface area contributed by atoms with Gasteiger partial charge in [-0.3, -0.25) is 9.69 Å². The van der Waals surface area contributed by atoms with E-state index in [2.05, 4.69) is 18.7 Å². The van der Waals surface area contributed by atoms with Gasteiger partial charge in [0.1, 0.15) is 0 Å². The monoisotopic (exact) mass is 259 g/mol. The molecular formula is C17H25NO. The van der Waals surface area contributed by atoms with Gasteiger partial charge in [-0.25, -0.2) is 0 Å². The van der Waals surface area contributed by atoms with Crippen molar-refractivity contribution in [1.82, 2.24) is 4.90 Å². The topological polar surface area (TPSA) is 20.3 Å². The zero-order valence-electron chi connectivity index (χ0n) is 12.6. The second kappa shape index (κ2) is 5.46.